The molecule has 0 saturated carbocycles. The Morgan fingerprint density at radius 2 is 0.397 bits per heavy atom. The average Bonchev–Trinajstić information content (AvgIpc) is 0.811. The van der Waals surface area contributed by atoms with Gasteiger partial charge in [0, 0.05) is 21.7 Å². The fourth-order valence-electron chi connectivity index (χ4n) is 7.08. The molecule has 0 atom stereocenters. The first kappa shape index (κ1) is 125. The summed E-state index contributed by atoms with van der Waals surface area (Å²) >= 11 is 221. The second-order valence-electron chi connectivity index (χ2n) is 21.7. The first-order chi connectivity index (χ1) is 56.5. The van der Waals surface area contributed by atoms with Crippen molar-refractivity contribution < 1.29 is 4.74 Å². The van der Waals surface area contributed by atoms with Gasteiger partial charge in [0.15, 0.2) is 118 Å². The number of methoxy groups -OCH3 is 1. The minimum absolute atomic E-state index is 0.113. The molecule has 23 nitrogen and oxygen atoms in total. The first-order valence-corrected chi connectivity index (χ1v) is 54.9. The molecule has 7 aromatic heterocycles. The van der Waals surface area contributed by atoms with Crippen LogP contribution in [0, 0.1) is 13.8 Å². The Morgan fingerprint density at radius 1 is 0.222 bits per heavy atom. The van der Waals surface area contributed by atoms with Crippen LogP contribution in [0.15, 0.2) is 78.9 Å². The molecule has 0 unspecified atom stereocenters. The highest BCUT2D eigenvalue weighted by Crippen LogP contribution is 2.53. The van der Waals surface area contributed by atoms with Gasteiger partial charge in [-0.25, -0.2) is 94.7 Å². The fraction of sp³-hybridized carbons (Fsp3) is 0.316. The van der Waals surface area contributed by atoms with Crippen LogP contribution in [0.5, 0.6) is 5.75 Å². The molecule has 0 fully saturated rings. The smallest absolute Gasteiger partial charge is 0.250 e. The maximum Gasteiger partial charge on any atom is 0.250 e. The summed E-state index contributed by atoms with van der Waals surface area (Å²) < 4.78 is -16.2. The lowest BCUT2D eigenvalue weighted by atomic mass is 10.2. The lowest BCUT2D eigenvalue weighted by Gasteiger charge is -2.19. The predicted molar refractivity (Wildman–Crippen MR) is 584 cm³/mol. The van der Waals surface area contributed by atoms with Crippen molar-refractivity contribution in [1.29, 1.82) is 0 Å². The SMILES string of the molecule is BrC(Br)(Br)c1nc(C(Br)(Br)Br)nc(C(Br)(Br)Br)n1.COc1ccc(-c2nc(C(Cl)(Cl)Cl)nc(C(Cl)(Cl)Cl)n2)cc1.Cc1nc(C(Br)(Br)Br)nc(C(Br)(Br)Br)n1.Cc1nc(N)nc(C(Br)(Br)Br)n1.ClC(Cl)(Cl)c1nc(-c2ccccc2)nc(C(Cl)(Cl)Cl)n1.ClC(Cl)(Cl)c1nc(C(Cl)(Cl)Cl)nc(C(Cl)(Cl)Cl)n1.Clc1ccc(-c2nc(C(Cl)(Cl)Cl)nc(C(Cl)(Cl)Cl)n2)cc1. The van der Waals surface area contributed by atoms with Gasteiger partial charge in [-0.3, -0.25) is 0 Å². The molecule has 126 heavy (non-hydrogen) atoms. The minimum Gasteiger partial charge on any atom is -0.497 e. The summed E-state index contributed by atoms with van der Waals surface area (Å²) in [6.45, 7) is 3.55. The highest BCUT2D eigenvalue weighted by Gasteiger charge is 2.42. The predicted octanol–water partition coefficient (Wildman–Crippen LogP) is 35.2. The van der Waals surface area contributed by atoms with Gasteiger partial charge < -0.3 is 10.5 Å². The number of alkyl halides is 45. The third-order valence-corrected chi connectivity index (χ3v) is 23.2. The highest BCUT2D eigenvalue weighted by atomic mass is 80.0. The van der Waals surface area contributed by atoms with Crippen molar-refractivity contribution in [3.63, 3.8) is 0 Å². The lowest BCUT2D eigenvalue weighted by molar-refractivity contribution is 0.415. The number of nitrogens with zero attached hydrogens (tertiary/aromatic N) is 21. The van der Waals surface area contributed by atoms with Gasteiger partial charge >= 0.3 is 0 Å². The van der Waals surface area contributed by atoms with Crippen LogP contribution in [0.3, 0.4) is 0 Å². The van der Waals surface area contributed by atoms with Crippen molar-refractivity contribution in [2.45, 2.75) is 60.8 Å². The molecule has 0 bridgehead atoms. The van der Waals surface area contributed by atoms with Gasteiger partial charge in [-0.05, 0) is 62.4 Å². The molecule has 0 radical (unpaired) electrons. The molecule has 0 aliphatic rings. The summed E-state index contributed by atoms with van der Waals surface area (Å²) in [6.07, 6.45) is 0. The number of nitrogens with two attached hydrogens (primary N) is 1. The molecule has 0 aliphatic heterocycles. The quantitative estimate of drug-likeness (QED) is 0.160. The number of hydrogen-bond acceptors (Lipinski definition) is 23. The van der Waals surface area contributed by atoms with Crippen molar-refractivity contribution in [1.82, 2.24) is 105 Å². The number of aryl methyl sites for hydroxylation is 2. The second kappa shape index (κ2) is 51.4. The van der Waals surface area contributed by atoms with Crippen LogP contribution in [-0.4, -0.2) is 112 Å². The molecule has 2 N–H and O–H groups in total. The Labute approximate surface area is 1010 Å². The second-order valence-corrected chi connectivity index (χ2v) is 83.2. The lowest BCUT2D eigenvalue weighted by Crippen LogP contribution is -2.21. The van der Waals surface area contributed by atoms with Gasteiger partial charge in [0.05, 0.1) is 7.11 Å². The third-order valence-electron chi connectivity index (χ3n) is 12.0. The van der Waals surface area contributed by atoms with Crippen LogP contribution >= 0.6 is 612 Å². The van der Waals surface area contributed by atoms with Crippen LogP contribution in [0.1, 0.15) is 99.0 Å². The zero-order chi connectivity index (χ0) is 97.3. The summed E-state index contributed by atoms with van der Waals surface area (Å²) in [6, 6.07) is 22.6. The van der Waals surface area contributed by atoms with Crippen molar-refractivity contribution in [3.05, 3.63) is 183 Å². The van der Waals surface area contributed by atoms with Gasteiger partial charge in [0.25, 0.3) is 0 Å². The summed E-state index contributed by atoms with van der Waals surface area (Å²) in [7, 11) is 1.56. The molecular formula is C57H24Br18Cl28N22O. The normalized spacial score (nSPS) is 12.8. The molecule has 10 aromatic rings. The van der Waals surface area contributed by atoms with Crippen LogP contribution in [0.2, 0.25) is 5.02 Å². The van der Waals surface area contributed by atoms with E-state index in [1.807, 2.05) is 18.2 Å². The van der Waals surface area contributed by atoms with E-state index in [1.54, 1.807) is 81.6 Å². The standard InChI is InChI=1S/C12H7Cl6N3O.C11H4Cl7N3.C11H5Cl6N3.C6Br9N3.C6H3Br6N3.C6Cl9N3.C5H5Br3N4/c1-22-7-4-2-6(3-5-7)8-19-9(11(13,14)15)21-10(20-8)12(16,17)18;12-6-3-1-5(2-4-6)7-19-8(10(13,14)15)21-9(20-7)11(16,17)18;12-10(13,14)8-18-7(6-4-2-1-3-5-6)19-9(20-8)11(15,16)17;7-4(8,9)1-16-2(5(10,11)12)18-3(17-1)6(13,14)15;1-2-13-3(5(7,8)9)15-4(14-2)6(10,11)12;7-4(8,9)1-16-2(5(10,11)12)18-3(17-1)6(13,14)15;1-2-10-3(5(6,7)8)12-4(9)11-2/h2-5H,1H3;1-4H;1-5H;;1H3;;1H3,(H2,9,10,11,12). The molecule has 0 spiro atoms. The Bertz CT molecular complexity index is 4940. The summed E-state index contributed by atoms with van der Waals surface area (Å²) in [4.78, 5) is 84.8. The topological polar surface area (TPSA) is 306 Å². The van der Waals surface area contributed by atoms with Gasteiger partial charge in [-0.15, -0.1) is 0 Å². The largest absolute Gasteiger partial charge is 0.497 e. The van der Waals surface area contributed by atoms with E-state index in [0.717, 1.165) is 0 Å². The molecule has 10 rings (SSSR count). The van der Waals surface area contributed by atoms with Crippen LogP contribution in [0.25, 0.3) is 34.2 Å². The zero-order valence-electron chi connectivity index (χ0n) is 58.8. The van der Waals surface area contributed by atoms with E-state index in [2.05, 4.69) is 391 Å². The third kappa shape index (κ3) is 44.6. The summed E-state index contributed by atoms with van der Waals surface area (Å²) in [5.74, 6) is 3.88. The van der Waals surface area contributed by atoms with E-state index in [9.17, 15) is 0 Å². The maximum absolute atomic E-state index is 5.83. The number of rotatable bonds is 4. The van der Waals surface area contributed by atoms with E-state index in [1.165, 1.54) is 0 Å². The van der Waals surface area contributed by atoms with E-state index >= 15 is 0 Å². The highest BCUT2D eigenvalue weighted by molar-refractivity contribution is 9.40. The molecule has 0 saturated heterocycles. The van der Waals surface area contributed by atoms with E-state index in [4.69, 9.17) is 335 Å². The van der Waals surface area contributed by atoms with Gasteiger partial charge in [-0.2, -0.15) is 9.97 Å². The molecule has 7 heterocycles. The zero-order valence-corrected chi connectivity index (χ0v) is 108. The van der Waals surface area contributed by atoms with E-state index < -0.39 is 47.0 Å². The maximum atomic E-state index is 5.83. The first-order valence-electron chi connectivity index (χ1n) is 30.0. The number of hydrogen-bond donors (Lipinski definition) is 1. The number of halogens is 46. The Morgan fingerprint density at radius 3 is 0.595 bits per heavy atom. The van der Waals surface area contributed by atoms with Gasteiger partial charge in [-0.1, -0.05) is 642 Å². The number of aromatic nitrogens is 21. The van der Waals surface area contributed by atoms with Crippen molar-refractivity contribution >= 4 is 618 Å². The molecule has 690 valence electrons. The Kier molecular flexibility index (Phi) is 51.2. The molecular weight excluding hydrogens is 3440 g/mol. The van der Waals surface area contributed by atoms with Crippen LogP contribution in [-0.2, 0) is 47.0 Å². The average molecular weight is 3460 g/mol. The van der Waals surface area contributed by atoms with Gasteiger partial charge in [0.2, 0.25) is 40.1 Å². The fourth-order valence-corrected chi connectivity index (χ4v) is 12.7. The molecule has 0 amide bonds. The minimum atomic E-state index is -1.99. The van der Waals surface area contributed by atoms with Gasteiger partial charge in [0.1, 0.15) is 17.4 Å². The Balaban J connectivity index is 0.000000310. The van der Waals surface area contributed by atoms with Crippen molar-refractivity contribution in [2.75, 3.05) is 12.8 Å². The number of ether oxygens (including phenoxy) is 1. The molecule has 69 heteroatoms. The number of nitrogen functional groups attached to an aromatic ring is 1. The monoisotopic (exact) mass is 3430 g/mol. The van der Waals surface area contributed by atoms with E-state index in [-0.39, 0.29) is 75.8 Å². The van der Waals surface area contributed by atoms with Crippen molar-refractivity contribution in [2.24, 2.45) is 0 Å². The summed E-state index contributed by atoms with van der Waals surface area (Å²) in [5.41, 5.74) is 7.34. The number of anilines is 1. The molecule has 0 aliphatic carbocycles. The van der Waals surface area contributed by atoms with Crippen LogP contribution in [0.4, 0.5) is 5.95 Å². The van der Waals surface area contributed by atoms with E-state index in [0.29, 0.717) is 74.1 Å². The van der Waals surface area contributed by atoms with Crippen molar-refractivity contribution in [3.8, 4) is 39.9 Å². The molecule has 3 aromatic carbocycles. The number of benzene rings is 3. The summed E-state index contributed by atoms with van der Waals surface area (Å²) in [5, 5.41) is 0.552. The Hall–Kier alpha value is 7.09. The van der Waals surface area contributed by atoms with Crippen LogP contribution < -0.4 is 10.5 Å².